The van der Waals surface area contributed by atoms with Gasteiger partial charge in [-0.05, 0) is 59.7 Å². The van der Waals surface area contributed by atoms with Crippen LogP contribution in [0.4, 0.5) is 13.2 Å². The van der Waals surface area contributed by atoms with E-state index in [-0.39, 0.29) is 34.3 Å². The molecule has 10 nitrogen and oxygen atoms in total. The van der Waals surface area contributed by atoms with Crippen molar-refractivity contribution in [3.8, 4) is 34.7 Å². The summed E-state index contributed by atoms with van der Waals surface area (Å²) in [7, 11) is -3.69. The number of ether oxygens (including phenoxy) is 1. The Hall–Kier alpha value is -3.35. The van der Waals surface area contributed by atoms with Gasteiger partial charge in [0.1, 0.15) is 17.2 Å². The summed E-state index contributed by atoms with van der Waals surface area (Å²) in [5.41, 5.74) is -0.883. The predicted octanol–water partition coefficient (Wildman–Crippen LogP) is 5.25. The van der Waals surface area contributed by atoms with Crippen LogP contribution < -0.4 is 9.46 Å². The van der Waals surface area contributed by atoms with Crippen LogP contribution in [0.1, 0.15) is 47.1 Å². The highest BCUT2D eigenvalue weighted by Crippen LogP contribution is 2.35. The first-order chi connectivity index (χ1) is 19.4. The monoisotopic (exact) mass is 626 g/mol. The zero-order valence-corrected chi connectivity index (χ0v) is 25.9. The van der Waals surface area contributed by atoms with Crippen LogP contribution in [0.15, 0.2) is 45.5 Å². The van der Waals surface area contributed by atoms with Gasteiger partial charge in [-0.3, -0.25) is 0 Å². The standard InChI is InChI=1S/C27H33F3N6O4S2/c1-25(2,3)41(37)36-27(6,16-42(38,32-7)26(4,5)15-31)19-10-17(8-9-20(19)28)22-11-21(35-40-22)24-33-12-18(13-34-24)39-14-23(29)30/h8-13,23,36H,14,16H2,1-7H3/t27-,41?,42?/m0/s1. The lowest BCUT2D eigenvalue weighted by Gasteiger charge is -2.37. The first kappa shape index (κ1) is 33.2. The second-order valence-electron chi connectivity index (χ2n) is 11.1. The van der Waals surface area contributed by atoms with E-state index in [1.54, 1.807) is 27.7 Å². The molecule has 0 amide bonds. The molecule has 0 fully saturated rings. The highest BCUT2D eigenvalue weighted by atomic mass is 32.2. The predicted molar refractivity (Wildman–Crippen MR) is 154 cm³/mol. The van der Waals surface area contributed by atoms with Crippen LogP contribution in [0.25, 0.3) is 22.8 Å². The molecule has 0 saturated heterocycles. The number of aromatic nitrogens is 3. The first-order valence-electron chi connectivity index (χ1n) is 12.7. The summed E-state index contributed by atoms with van der Waals surface area (Å²) in [4.78, 5) is 8.13. The number of nitriles is 1. The van der Waals surface area contributed by atoms with Gasteiger partial charge in [0.2, 0.25) is 0 Å². The molecule has 0 aliphatic carbocycles. The summed E-state index contributed by atoms with van der Waals surface area (Å²) in [5.74, 6) is -0.596. The number of halogens is 3. The Morgan fingerprint density at radius 1 is 1.17 bits per heavy atom. The van der Waals surface area contributed by atoms with E-state index in [9.17, 15) is 22.5 Å². The molecule has 2 heterocycles. The number of nitrogens with zero attached hydrogens (tertiary/aromatic N) is 5. The maximum atomic E-state index is 15.6. The molecular formula is C27H33F3N6O4S2. The summed E-state index contributed by atoms with van der Waals surface area (Å²) < 4.78 is 82.8. The number of alkyl halides is 2. The Morgan fingerprint density at radius 3 is 2.36 bits per heavy atom. The Labute approximate surface area is 245 Å². The molecule has 0 radical (unpaired) electrons. The third kappa shape index (κ3) is 7.34. The Kier molecular flexibility index (Phi) is 9.85. The molecule has 1 aromatic carbocycles. The van der Waals surface area contributed by atoms with Crippen LogP contribution >= 0.6 is 0 Å². The van der Waals surface area contributed by atoms with Crippen molar-refractivity contribution in [2.24, 2.45) is 4.36 Å². The summed E-state index contributed by atoms with van der Waals surface area (Å²) in [6, 6.07) is 7.65. The van der Waals surface area contributed by atoms with Crippen molar-refractivity contribution >= 4 is 20.7 Å². The molecule has 0 spiro atoms. The van der Waals surface area contributed by atoms with Crippen LogP contribution in [-0.4, -0.2) is 58.9 Å². The number of hydrogen-bond acceptors (Lipinski definition) is 9. The van der Waals surface area contributed by atoms with Gasteiger partial charge in [0.25, 0.3) is 6.43 Å². The summed E-state index contributed by atoms with van der Waals surface area (Å²) in [6.45, 7) is 8.96. The molecule has 2 unspecified atom stereocenters. The molecular weight excluding hydrogens is 593 g/mol. The van der Waals surface area contributed by atoms with Gasteiger partial charge < -0.3 is 9.26 Å². The van der Waals surface area contributed by atoms with Crippen LogP contribution in [0.3, 0.4) is 0 Å². The van der Waals surface area contributed by atoms with Gasteiger partial charge in [-0.1, -0.05) is 5.16 Å². The molecule has 0 aliphatic rings. The highest BCUT2D eigenvalue weighted by molar-refractivity contribution is 7.95. The van der Waals surface area contributed by atoms with E-state index < -0.39 is 54.6 Å². The minimum Gasteiger partial charge on any atom is -0.484 e. The lowest BCUT2D eigenvalue weighted by Crippen LogP contribution is -2.52. The largest absolute Gasteiger partial charge is 0.484 e. The molecule has 0 aliphatic heterocycles. The van der Waals surface area contributed by atoms with Crippen molar-refractivity contribution in [1.29, 1.82) is 5.26 Å². The molecule has 3 rings (SSSR count). The normalized spacial score (nSPS) is 15.9. The molecule has 1 N–H and O–H groups in total. The van der Waals surface area contributed by atoms with Crippen LogP contribution in [0, 0.1) is 17.1 Å². The topological polar surface area (TPSA) is 143 Å². The fourth-order valence-electron chi connectivity index (χ4n) is 3.76. The van der Waals surface area contributed by atoms with Gasteiger partial charge in [-0.25, -0.2) is 40.6 Å². The van der Waals surface area contributed by atoms with Crippen molar-refractivity contribution < 1.29 is 30.8 Å². The minimum atomic E-state index is -3.29. The average molecular weight is 627 g/mol. The van der Waals surface area contributed by atoms with Gasteiger partial charge in [0.05, 0.1) is 55.2 Å². The minimum absolute atomic E-state index is 0.0254. The molecule has 228 valence electrons. The highest BCUT2D eigenvalue weighted by Gasteiger charge is 2.43. The number of nitrogens with one attached hydrogen (secondary N) is 1. The molecule has 3 atom stereocenters. The first-order valence-corrected chi connectivity index (χ1v) is 15.5. The maximum Gasteiger partial charge on any atom is 0.272 e. The molecule has 15 heteroatoms. The lowest BCUT2D eigenvalue weighted by atomic mass is 9.92. The van der Waals surface area contributed by atoms with Crippen LogP contribution in [-0.2, 0) is 26.3 Å². The van der Waals surface area contributed by atoms with Crippen molar-refractivity contribution in [2.45, 2.75) is 63.0 Å². The van der Waals surface area contributed by atoms with E-state index >= 15 is 4.39 Å². The second kappa shape index (κ2) is 12.5. The number of hydrogen-bond donors (Lipinski definition) is 1. The van der Waals surface area contributed by atoms with E-state index in [2.05, 4.69) is 24.2 Å². The zero-order chi connectivity index (χ0) is 31.5. The zero-order valence-electron chi connectivity index (χ0n) is 24.3. The van der Waals surface area contributed by atoms with Crippen molar-refractivity contribution in [3.63, 3.8) is 0 Å². The van der Waals surface area contributed by atoms with E-state index in [0.717, 1.165) is 0 Å². The SMILES string of the molecule is CN=S(=O)(C[C@](C)(NS(=O)C(C)(C)C)c1cc(-c2cc(-c3ncc(OCC(F)F)cn3)no2)ccc1F)C(C)(C)C#N. The van der Waals surface area contributed by atoms with E-state index in [4.69, 9.17) is 9.26 Å². The quantitative estimate of drug-likeness (QED) is 0.304. The smallest absolute Gasteiger partial charge is 0.272 e. The van der Waals surface area contributed by atoms with Crippen molar-refractivity contribution in [1.82, 2.24) is 19.8 Å². The maximum absolute atomic E-state index is 15.6. The van der Waals surface area contributed by atoms with E-state index in [1.165, 1.54) is 57.6 Å². The fraction of sp³-hybridized carbons (Fsp3) is 0.481. The third-order valence-electron chi connectivity index (χ3n) is 6.31. The van der Waals surface area contributed by atoms with Crippen molar-refractivity contribution in [3.05, 3.63) is 48.0 Å². The van der Waals surface area contributed by atoms with Crippen molar-refractivity contribution in [2.75, 3.05) is 19.4 Å². The number of rotatable bonds is 11. The Morgan fingerprint density at radius 2 is 1.81 bits per heavy atom. The fourth-order valence-corrected chi connectivity index (χ4v) is 6.84. The van der Waals surface area contributed by atoms with E-state index in [0.29, 0.717) is 5.56 Å². The summed E-state index contributed by atoms with van der Waals surface area (Å²) in [6.07, 6.45) is -0.198. The molecule has 42 heavy (non-hydrogen) atoms. The van der Waals surface area contributed by atoms with Gasteiger partial charge in [-0.2, -0.15) is 5.26 Å². The van der Waals surface area contributed by atoms with Crippen LogP contribution in [0.5, 0.6) is 5.75 Å². The van der Waals surface area contributed by atoms with Gasteiger partial charge >= 0.3 is 0 Å². The Balaban J connectivity index is 2.06. The van der Waals surface area contributed by atoms with Gasteiger partial charge in [-0.15, -0.1) is 0 Å². The molecule has 3 aromatic rings. The third-order valence-corrected chi connectivity index (χ3v) is 11.3. The average Bonchev–Trinajstić information content (AvgIpc) is 3.42. The summed E-state index contributed by atoms with van der Waals surface area (Å²) in [5, 5.41) is 13.7. The number of benzene rings is 1. The summed E-state index contributed by atoms with van der Waals surface area (Å²) >= 11 is 0. The lowest BCUT2D eigenvalue weighted by molar-refractivity contribution is 0.0815. The van der Waals surface area contributed by atoms with Crippen LogP contribution in [0.2, 0.25) is 0 Å². The second-order valence-corrected chi connectivity index (χ2v) is 16.0. The van der Waals surface area contributed by atoms with E-state index in [1.807, 2.05) is 6.07 Å². The molecule has 0 saturated carbocycles. The Bertz CT molecular complexity index is 1610. The molecule has 0 bridgehead atoms. The molecule has 2 aromatic heterocycles. The van der Waals surface area contributed by atoms with Gasteiger partial charge in [0, 0.05) is 24.2 Å². The van der Waals surface area contributed by atoms with Gasteiger partial charge in [0.15, 0.2) is 23.0 Å².